The van der Waals surface area contributed by atoms with E-state index in [4.69, 9.17) is 15.2 Å². The number of nitrogens with two attached hydrogens (primary N) is 1. The highest BCUT2D eigenvalue weighted by Gasteiger charge is 2.07. The minimum atomic E-state index is -0.0428. The van der Waals surface area contributed by atoms with Crippen LogP contribution in [0.4, 0.5) is 0 Å². The molecule has 0 aliphatic rings. The fourth-order valence-electron chi connectivity index (χ4n) is 1.86. The molecular formula is C16H19NO2. The van der Waals surface area contributed by atoms with Gasteiger partial charge in [0.25, 0.3) is 0 Å². The van der Waals surface area contributed by atoms with Gasteiger partial charge >= 0.3 is 0 Å². The van der Waals surface area contributed by atoms with E-state index in [-0.39, 0.29) is 6.04 Å². The molecule has 0 bridgehead atoms. The molecular weight excluding hydrogens is 238 g/mol. The molecule has 0 heterocycles. The molecule has 1 atom stereocenters. The Bertz CT molecular complexity index is 499. The summed E-state index contributed by atoms with van der Waals surface area (Å²) >= 11 is 0. The van der Waals surface area contributed by atoms with Gasteiger partial charge in [0.1, 0.15) is 11.5 Å². The number of rotatable bonds is 6. The summed E-state index contributed by atoms with van der Waals surface area (Å²) in [5.74, 6) is 1.71. The minimum absolute atomic E-state index is 0.0428. The Labute approximate surface area is 114 Å². The van der Waals surface area contributed by atoms with Crippen LogP contribution in [0.3, 0.4) is 0 Å². The molecule has 0 amide bonds. The Balaban J connectivity index is 1.85. The number of hydrogen-bond acceptors (Lipinski definition) is 3. The third-order valence-corrected chi connectivity index (χ3v) is 2.96. The number of hydrogen-bond donors (Lipinski definition) is 1. The van der Waals surface area contributed by atoms with Gasteiger partial charge < -0.3 is 15.2 Å². The van der Waals surface area contributed by atoms with Crippen LogP contribution in [0.15, 0.2) is 54.6 Å². The van der Waals surface area contributed by atoms with E-state index in [9.17, 15) is 0 Å². The van der Waals surface area contributed by atoms with Crippen molar-refractivity contribution in [1.82, 2.24) is 0 Å². The second-order valence-electron chi connectivity index (χ2n) is 4.33. The van der Waals surface area contributed by atoms with Crippen molar-refractivity contribution < 1.29 is 9.47 Å². The molecule has 3 heteroatoms. The van der Waals surface area contributed by atoms with Crippen molar-refractivity contribution in [3.8, 4) is 11.5 Å². The van der Waals surface area contributed by atoms with Gasteiger partial charge in [-0.05, 0) is 29.8 Å². The third-order valence-electron chi connectivity index (χ3n) is 2.96. The highest BCUT2D eigenvalue weighted by atomic mass is 16.5. The summed E-state index contributed by atoms with van der Waals surface area (Å²) in [5, 5.41) is 0. The van der Waals surface area contributed by atoms with Crippen LogP contribution >= 0.6 is 0 Å². The van der Waals surface area contributed by atoms with Gasteiger partial charge in [0.2, 0.25) is 0 Å². The van der Waals surface area contributed by atoms with Crippen LogP contribution in [0, 0.1) is 0 Å². The van der Waals surface area contributed by atoms with E-state index in [1.807, 2.05) is 54.6 Å². The van der Waals surface area contributed by atoms with Crippen LogP contribution in [0.25, 0.3) is 0 Å². The molecule has 3 nitrogen and oxygen atoms in total. The van der Waals surface area contributed by atoms with Gasteiger partial charge in [-0.1, -0.05) is 30.3 Å². The van der Waals surface area contributed by atoms with Gasteiger partial charge in [-0.3, -0.25) is 0 Å². The molecule has 1 unspecified atom stereocenters. The van der Waals surface area contributed by atoms with Crippen molar-refractivity contribution in [1.29, 1.82) is 0 Å². The Morgan fingerprint density at radius 1 is 1.00 bits per heavy atom. The van der Waals surface area contributed by atoms with Crippen molar-refractivity contribution in [2.45, 2.75) is 12.5 Å². The molecule has 2 aromatic carbocycles. The molecule has 100 valence electrons. The molecule has 0 radical (unpaired) electrons. The third kappa shape index (κ3) is 4.00. The highest BCUT2D eigenvalue weighted by Crippen LogP contribution is 2.20. The van der Waals surface area contributed by atoms with Crippen molar-refractivity contribution in [2.75, 3.05) is 13.7 Å². The zero-order valence-corrected chi connectivity index (χ0v) is 11.1. The first kappa shape index (κ1) is 13.4. The quantitative estimate of drug-likeness (QED) is 0.864. The predicted octanol–water partition coefficient (Wildman–Crippen LogP) is 3.16. The van der Waals surface area contributed by atoms with Crippen LogP contribution in [-0.2, 0) is 0 Å². The smallest absolute Gasteiger partial charge is 0.119 e. The SMILES string of the molecule is COc1cccc(C(N)CCOc2ccccc2)c1. The van der Waals surface area contributed by atoms with Gasteiger partial charge in [-0.25, -0.2) is 0 Å². The van der Waals surface area contributed by atoms with Gasteiger partial charge in [0.05, 0.1) is 13.7 Å². The lowest BCUT2D eigenvalue weighted by atomic mass is 10.1. The fraction of sp³-hybridized carbons (Fsp3) is 0.250. The fourth-order valence-corrected chi connectivity index (χ4v) is 1.86. The number of ether oxygens (including phenoxy) is 2. The van der Waals surface area contributed by atoms with E-state index in [0.717, 1.165) is 23.5 Å². The first-order chi connectivity index (χ1) is 9.29. The van der Waals surface area contributed by atoms with E-state index in [1.165, 1.54) is 0 Å². The van der Waals surface area contributed by atoms with E-state index >= 15 is 0 Å². The van der Waals surface area contributed by atoms with Gasteiger partial charge in [-0.15, -0.1) is 0 Å². The zero-order chi connectivity index (χ0) is 13.5. The number of methoxy groups -OCH3 is 1. The summed E-state index contributed by atoms with van der Waals surface area (Å²) in [5.41, 5.74) is 7.21. The van der Waals surface area contributed by atoms with Gasteiger partial charge in [0.15, 0.2) is 0 Å². The van der Waals surface area contributed by atoms with E-state index in [2.05, 4.69) is 0 Å². The van der Waals surface area contributed by atoms with Crippen molar-refractivity contribution >= 4 is 0 Å². The Kier molecular flexibility index (Phi) is 4.81. The molecule has 2 rings (SSSR count). The lowest BCUT2D eigenvalue weighted by Crippen LogP contribution is -2.14. The number of benzene rings is 2. The maximum atomic E-state index is 6.15. The topological polar surface area (TPSA) is 44.5 Å². The molecule has 0 aliphatic heterocycles. The molecule has 0 saturated heterocycles. The average molecular weight is 257 g/mol. The average Bonchev–Trinajstić information content (AvgIpc) is 2.48. The molecule has 2 N–H and O–H groups in total. The summed E-state index contributed by atoms with van der Waals surface area (Å²) in [6, 6.07) is 17.6. The summed E-state index contributed by atoms with van der Waals surface area (Å²) in [7, 11) is 1.66. The predicted molar refractivity (Wildman–Crippen MR) is 76.5 cm³/mol. The van der Waals surface area contributed by atoms with E-state index in [1.54, 1.807) is 7.11 Å². The molecule has 0 spiro atoms. The minimum Gasteiger partial charge on any atom is -0.497 e. The zero-order valence-electron chi connectivity index (χ0n) is 11.1. The van der Waals surface area contributed by atoms with E-state index in [0.29, 0.717) is 6.61 Å². The first-order valence-corrected chi connectivity index (χ1v) is 6.37. The van der Waals surface area contributed by atoms with E-state index < -0.39 is 0 Å². The summed E-state index contributed by atoms with van der Waals surface area (Å²) < 4.78 is 10.8. The maximum absolute atomic E-state index is 6.15. The van der Waals surface area contributed by atoms with Crippen LogP contribution in [0.5, 0.6) is 11.5 Å². The van der Waals surface area contributed by atoms with Crippen LogP contribution in [-0.4, -0.2) is 13.7 Å². The monoisotopic (exact) mass is 257 g/mol. The van der Waals surface area contributed by atoms with Crippen molar-refractivity contribution in [3.63, 3.8) is 0 Å². The molecule has 0 aliphatic carbocycles. The van der Waals surface area contributed by atoms with Gasteiger partial charge in [-0.2, -0.15) is 0 Å². The second kappa shape index (κ2) is 6.81. The lowest BCUT2D eigenvalue weighted by molar-refractivity contribution is 0.298. The Morgan fingerprint density at radius 3 is 2.47 bits per heavy atom. The largest absolute Gasteiger partial charge is 0.497 e. The number of para-hydroxylation sites is 1. The molecule has 0 fully saturated rings. The Morgan fingerprint density at radius 2 is 1.74 bits per heavy atom. The standard InChI is InChI=1S/C16H19NO2/c1-18-15-9-5-6-13(12-15)16(17)10-11-19-14-7-3-2-4-8-14/h2-9,12,16H,10-11,17H2,1H3. The summed E-state index contributed by atoms with van der Waals surface area (Å²) in [6.45, 7) is 0.600. The molecule has 19 heavy (non-hydrogen) atoms. The normalized spacial score (nSPS) is 11.9. The first-order valence-electron chi connectivity index (χ1n) is 6.37. The molecule has 0 aromatic heterocycles. The van der Waals surface area contributed by atoms with Crippen LogP contribution in [0.1, 0.15) is 18.0 Å². The molecule has 0 saturated carbocycles. The van der Waals surface area contributed by atoms with Crippen molar-refractivity contribution in [2.24, 2.45) is 5.73 Å². The maximum Gasteiger partial charge on any atom is 0.119 e. The van der Waals surface area contributed by atoms with Gasteiger partial charge in [0, 0.05) is 12.5 Å². The van der Waals surface area contributed by atoms with Crippen LogP contribution < -0.4 is 15.2 Å². The lowest BCUT2D eigenvalue weighted by Gasteiger charge is -2.13. The Hall–Kier alpha value is -2.00. The van der Waals surface area contributed by atoms with Crippen LogP contribution in [0.2, 0.25) is 0 Å². The molecule has 2 aromatic rings. The second-order valence-corrected chi connectivity index (χ2v) is 4.33. The summed E-state index contributed by atoms with van der Waals surface area (Å²) in [4.78, 5) is 0. The van der Waals surface area contributed by atoms with Crippen molar-refractivity contribution in [3.05, 3.63) is 60.2 Å². The highest BCUT2D eigenvalue weighted by molar-refractivity contribution is 5.30. The summed E-state index contributed by atoms with van der Waals surface area (Å²) in [6.07, 6.45) is 0.766.